The maximum atomic E-state index is 9.42. The van der Waals surface area contributed by atoms with Crippen LogP contribution in [-0.4, -0.2) is 11.2 Å². The van der Waals surface area contributed by atoms with E-state index in [1.807, 2.05) is 0 Å². The molecule has 1 nitrogen and oxygen atoms in total. The zero-order valence-electron chi connectivity index (χ0n) is 7.71. The van der Waals surface area contributed by atoms with Crippen LogP contribution in [0.15, 0.2) is 0 Å². The van der Waals surface area contributed by atoms with E-state index in [-0.39, 0.29) is 6.10 Å². The molecule has 1 saturated carbocycles. The Kier molecular flexibility index (Phi) is 3.38. The summed E-state index contributed by atoms with van der Waals surface area (Å²) in [4.78, 5) is 0. The predicted molar refractivity (Wildman–Crippen MR) is 47.4 cm³/mol. The first-order valence-corrected chi connectivity index (χ1v) is 4.92. The Labute approximate surface area is 69.8 Å². The molecule has 3 atom stereocenters. The minimum atomic E-state index is 0.00255. The molecule has 1 fully saturated rings. The third-order valence-corrected chi connectivity index (χ3v) is 3.14. The molecule has 0 aromatic carbocycles. The van der Waals surface area contributed by atoms with Crippen molar-refractivity contribution in [2.75, 3.05) is 0 Å². The summed E-state index contributed by atoms with van der Waals surface area (Å²) in [5, 5.41) is 9.42. The van der Waals surface area contributed by atoms with Crippen molar-refractivity contribution in [2.45, 2.75) is 52.1 Å². The van der Waals surface area contributed by atoms with Gasteiger partial charge < -0.3 is 5.11 Å². The molecule has 0 radical (unpaired) electrons. The van der Waals surface area contributed by atoms with Crippen molar-refractivity contribution >= 4 is 0 Å². The van der Waals surface area contributed by atoms with E-state index in [1.54, 1.807) is 0 Å². The average Bonchev–Trinajstić information content (AvgIpc) is 2.03. The van der Waals surface area contributed by atoms with E-state index in [4.69, 9.17) is 0 Å². The average molecular weight is 156 g/mol. The quantitative estimate of drug-likeness (QED) is 0.651. The highest BCUT2D eigenvalue weighted by Gasteiger charge is 2.23. The van der Waals surface area contributed by atoms with E-state index in [0.29, 0.717) is 0 Å². The molecule has 0 aliphatic heterocycles. The second kappa shape index (κ2) is 4.10. The second-order valence-corrected chi connectivity index (χ2v) is 3.97. The summed E-state index contributed by atoms with van der Waals surface area (Å²) in [6.07, 6.45) is 5.92. The van der Waals surface area contributed by atoms with Gasteiger partial charge in [-0.25, -0.2) is 0 Å². The molecule has 1 aliphatic rings. The fourth-order valence-corrected chi connectivity index (χ4v) is 2.05. The van der Waals surface area contributed by atoms with Gasteiger partial charge in [0.2, 0.25) is 0 Å². The van der Waals surface area contributed by atoms with E-state index in [1.165, 1.54) is 19.3 Å². The van der Waals surface area contributed by atoms with Gasteiger partial charge in [0.15, 0.2) is 0 Å². The van der Waals surface area contributed by atoms with Crippen molar-refractivity contribution in [2.24, 2.45) is 11.8 Å². The summed E-state index contributed by atoms with van der Waals surface area (Å²) in [7, 11) is 0. The highest BCUT2D eigenvalue weighted by Crippen LogP contribution is 2.31. The van der Waals surface area contributed by atoms with Crippen molar-refractivity contribution in [3.63, 3.8) is 0 Å². The van der Waals surface area contributed by atoms with Crippen LogP contribution in [0.1, 0.15) is 46.0 Å². The largest absolute Gasteiger partial charge is 0.393 e. The molecule has 11 heavy (non-hydrogen) atoms. The molecule has 0 saturated heterocycles. The number of hydrogen-bond donors (Lipinski definition) is 1. The van der Waals surface area contributed by atoms with E-state index < -0.39 is 0 Å². The van der Waals surface area contributed by atoms with Gasteiger partial charge in [-0.15, -0.1) is 0 Å². The summed E-state index contributed by atoms with van der Waals surface area (Å²) in [6, 6.07) is 0. The van der Waals surface area contributed by atoms with Gasteiger partial charge >= 0.3 is 0 Å². The van der Waals surface area contributed by atoms with E-state index in [2.05, 4.69) is 13.8 Å². The molecule has 1 rings (SSSR count). The van der Waals surface area contributed by atoms with Gasteiger partial charge in [-0.2, -0.15) is 0 Å². The fraction of sp³-hybridized carbons (Fsp3) is 1.00. The summed E-state index contributed by atoms with van der Waals surface area (Å²) >= 11 is 0. The lowest BCUT2D eigenvalue weighted by Gasteiger charge is -2.29. The van der Waals surface area contributed by atoms with Crippen LogP contribution >= 0.6 is 0 Å². The van der Waals surface area contributed by atoms with E-state index in [0.717, 1.165) is 24.7 Å². The molecular formula is C10H20O. The molecule has 0 amide bonds. The first kappa shape index (κ1) is 9.05. The van der Waals surface area contributed by atoms with Crippen LogP contribution in [-0.2, 0) is 0 Å². The van der Waals surface area contributed by atoms with E-state index in [9.17, 15) is 5.11 Å². The predicted octanol–water partition coefficient (Wildman–Crippen LogP) is 2.58. The molecule has 1 N–H and O–H groups in total. The molecule has 0 bridgehead atoms. The highest BCUT2D eigenvalue weighted by molar-refractivity contribution is 4.75. The Morgan fingerprint density at radius 3 is 2.73 bits per heavy atom. The number of rotatable bonds is 2. The smallest absolute Gasteiger partial charge is 0.0543 e. The SMILES string of the molecule is CCC(C)[C@@H]1CCC[C@H](O)C1. The minimum absolute atomic E-state index is 0.00255. The van der Waals surface area contributed by atoms with Crippen molar-refractivity contribution in [3.8, 4) is 0 Å². The fourth-order valence-electron chi connectivity index (χ4n) is 2.05. The minimum Gasteiger partial charge on any atom is -0.393 e. The zero-order chi connectivity index (χ0) is 8.27. The van der Waals surface area contributed by atoms with Crippen LogP contribution in [0.4, 0.5) is 0 Å². The van der Waals surface area contributed by atoms with Gasteiger partial charge in [0.1, 0.15) is 0 Å². The summed E-state index contributed by atoms with van der Waals surface area (Å²) in [5.74, 6) is 1.61. The normalized spacial score (nSPS) is 35.2. The third-order valence-electron chi connectivity index (χ3n) is 3.14. The van der Waals surface area contributed by atoms with E-state index >= 15 is 0 Å². The van der Waals surface area contributed by atoms with Crippen molar-refractivity contribution in [1.29, 1.82) is 0 Å². The first-order valence-electron chi connectivity index (χ1n) is 4.92. The summed E-state index contributed by atoms with van der Waals surface area (Å²) in [5.41, 5.74) is 0. The molecule has 1 unspecified atom stereocenters. The second-order valence-electron chi connectivity index (χ2n) is 3.97. The standard InChI is InChI=1S/C10H20O/c1-3-8(2)9-5-4-6-10(11)7-9/h8-11H,3-7H2,1-2H3/t8?,9-,10+/m1/s1. The van der Waals surface area contributed by atoms with Gasteiger partial charge in [-0.05, 0) is 24.7 Å². The Hall–Kier alpha value is -0.0400. The number of aliphatic hydroxyl groups is 1. The van der Waals surface area contributed by atoms with Crippen LogP contribution in [0, 0.1) is 11.8 Å². The number of aliphatic hydroxyl groups excluding tert-OH is 1. The molecular weight excluding hydrogens is 136 g/mol. The Morgan fingerprint density at radius 1 is 1.45 bits per heavy atom. The monoisotopic (exact) mass is 156 g/mol. The maximum Gasteiger partial charge on any atom is 0.0543 e. The van der Waals surface area contributed by atoms with Crippen LogP contribution in [0.5, 0.6) is 0 Å². The number of hydrogen-bond acceptors (Lipinski definition) is 1. The Balaban J connectivity index is 2.33. The van der Waals surface area contributed by atoms with Gasteiger partial charge in [0.25, 0.3) is 0 Å². The Bertz CT molecular complexity index is 111. The Morgan fingerprint density at radius 2 is 2.18 bits per heavy atom. The van der Waals surface area contributed by atoms with Crippen LogP contribution in [0.2, 0.25) is 0 Å². The summed E-state index contributed by atoms with van der Waals surface area (Å²) < 4.78 is 0. The molecule has 1 aliphatic carbocycles. The lowest BCUT2D eigenvalue weighted by molar-refractivity contribution is 0.0819. The summed E-state index contributed by atoms with van der Waals surface area (Å²) in [6.45, 7) is 4.55. The molecule has 0 heterocycles. The highest BCUT2D eigenvalue weighted by atomic mass is 16.3. The van der Waals surface area contributed by atoms with Crippen LogP contribution < -0.4 is 0 Å². The van der Waals surface area contributed by atoms with Crippen molar-refractivity contribution in [1.82, 2.24) is 0 Å². The van der Waals surface area contributed by atoms with Gasteiger partial charge in [0.05, 0.1) is 6.10 Å². The molecule has 0 aromatic rings. The molecule has 1 heteroatoms. The molecule has 0 spiro atoms. The van der Waals surface area contributed by atoms with Crippen molar-refractivity contribution in [3.05, 3.63) is 0 Å². The van der Waals surface area contributed by atoms with Crippen molar-refractivity contribution < 1.29 is 5.11 Å². The molecule has 66 valence electrons. The topological polar surface area (TPSA) is 20.2 Å². The molecule has 0 aromatic heterocycles. The van der Waals surface area contributed by atoms with Gasteiger partial charge in [-0.1, -0.05) is 33.1 Å². The first-order chi connectivity index (χ1) is 5.24. The maximum absolute atomic E-state index is 9.42. The lowest BCUT2D eigenvalue weighted by atomic mass is 9.79. The van der Waals surface area contributed by atoms with Crippen LogP contribution in [0.25, 0.3) is 0 Å². The van der Waals surface area contributed by atoms with Crippen LogP contribution in [0.3, 0.4) is 0 Å². The van der Waals surface area contributed by atoms with Gasteiger partial charge in [0, 0.05) is 0 Å². The lowest BCUT2D eigenvalue weighted by Crippen LogP contribution is -2.23. The van der Waals surface area contributed by atoms with Gasteiger partial charge in [-0.3, -0.25) is 0 Å². The third kappa shape index (κ3) is 2.48. The zero-order valence-corrected chi connectivity index (χ0v) is 7.71.